The average molecular weight is 1120 g/mol. The quantitative estimate of drug-likeness (QED) is 0.0514. The number of esters is 7. The number of thioether (sulfide) groups is 1. The van der Waals surface area contributed by atoms with Crippen LogP contribution in [0.15, 0.2) is 212 Å². The molecule has 0 spiro atoms. The van der Waals surface area contributed by atoms with E-state index >= 15 is 0 Å². The first-order chi connectivity index (χ1) is 39.5. The minimum atomic E-state index is -1.83. The number of ether oxygens (including phenoxy) is 10. The number of hydrogen-bond acceptors (Lipinski definition) is 18. The highest BCUT2D eigenvalue weighted by molar-refractivity contribution is 7.99. The molecule has 7 aromatic carbocycles. The molecule has 0 bridgehead atoms. The first-order valence-electron chi connectivity index (χ1n) is 25.9. The molecule has 10 atom stereocenters. The fourth-order valence-electron chi connectivity index (χ4n) is 8.86. The lowest BCUT2D eigenvalue weighted by Gasteiger charge is -2.46. The van der Waals surface area contributed by atoms with Crippen LogP contribution in [-0.2, 0) is 47.4 Å². The lowest BCUT2D eigenvalue weighted by atomic mass is 9.97. The van der Waals surface area contributed by atoms with E-state index in [4.69, 9.17) is 47.4 Å². The Morgan fingerprint density at radius 1 is 0.333 bits per heavy atom. The van der Waals surface area contributed by atoms with Gasteiger partial charge in [-0.25, -0.2) is 33.6 Å². The number of carbonyl (C=O) groups excluding carboxylic acids is 7. The van der Waals surface area contributed by atoms with Crippen LogP contribution >= 0.6 is 11.8 Å². The topological polar surface area (TPSA) is 212 Å². The molecule has 2 saturated heterocycles. The van der Waals surface area contributed by atoms with E-state index in [0.29, 0.717) is 5.75 Å². The summed E-state index contributed by atoms with van der Waals surface area (Å²) in [7, 11) is 0. The van der Waals surface area contributed by atoms with Crippen molar-refractivity contribution in [3.05, 3.63) is 251 Å². The van der Waals surface area contributed by atoms with Gasteiger partial charge in [0.15, 0.2) is 42.9 Å². The molecule has 2 aliphatic rings. The largest absolute Gasteiger partial charge is 0.459 e. The third kappa shape index (κ3) is 14.7. The fourth-order valence-corrected chi connectivity index (χ4v) is 9.81. The summed E-state index contributed by atoms with van der Waals surface area (Å²) >= 11 is 1.19. The van der Waals surface area contributed by atoms with Gasteiger partial charge < -0.3 is 47.4 Å². The van der Waals surface area contributed by atoms with E-state index in [9.17, 15) is 33.6 Å². The van der Waals surface area contributed by atoms with Gasteiger partial charge in [-0.15, -0.1) is 11.8 Å². The van der Waals surface area contributed by atoms with Crippen molar-refractivity contribution in [2.45, 2.75) is 67.5 Å². The lowest BCUT2D eigenvalue weighted by Crippen LogP contribution is -2.64. The molecule has 0 aliphatic carbocycles. The number of carbonyl (C=O) groups is 7. The van der Waals surface area contributed by atoms with Crippen molar-refractivity contribution in [3.8, 4) is 0 Å². The van der Waals surface area contributed by atoms with Crippen LogP contribution in [0.5, 0.6) is 0 Å². The van der Waals surface area contributed by atoms with Crippen molar-refractivity contribution in [1.29, 1.82) is 0 Å². The Labute approximate surface area is 470 Å². The van der Waals surface area contributed by atoms with Crippen molar-refractivity contribution >= 4 is 53.5 Å². The van der Waals surface area contributed by atoms with Gasteiger partial charge in [-0.3, -0.25) is 0 Å². The van der Waals surface area contributed by atoms with Gasteiger partial charge in [-0.1, -0.05) is 134 Å². The summed E-state index contributed by atoms with van der Waals surface area (Å²) in [5, 5.41) is 0. The van der Waals surface area contributed by atoms with E-state index in [-0.39, 0.29) is 38.9 Å². The Kier molecular flexibility index (Phi) is 19.5. The summed E-state index contributed by atoms with van der Waals surface area (Å²) < 4.78 is 63.4. The number of rotatable bonds is 20. The molecule has 0 saturated carbocycles. The minimum absolute atomic E-state index is 0.0585. The molecule has 2 heterocycles. The molecular formula is C63H54O17S. The minimum Gasteiger partial charge on any atom is -0.459 e. The second-order valence-electron chi connectivity index (χ2n) is 18.3. The van der Waals surface area contributed by atoms with Gasteiger partial charge in [0, 0.05) is 0 Å². The Morgan fingerprint density at radius 3 is 0.938 bits per heavy atom. The highest BCUT2D eigenvalue weighted by Crippen LogP contribution is 2.37. The second kappa shape index (κ2) is 27.8. The predicted molar refractivity (Wildman–Crippen MR) is 292 cm³/mol. The smallest absolute Gasteiger partial charge is 0.338 e. The van der Waals surface area contributed by atoms with Crippen LogP contribution in [0.4, 0.5) is 0 Å². The van der Waals surface area contributed by atoms with E-state index in [1.807, 2.05) is 6.92 Å². The van der Waals surface area contributed by atoms with Crippen molar-refractivity contribution < 1.29 is 80.9 Å². The summed E-state index contributed by atoms with van der Waals surface area (Å²) in [6.45, 7) is 0.518. The van der Waals surface area contributed by atoms with Crippen LogP contribution < -0.4 is 0 Å². The predicted octanol–water partition coefficient (Wildman–Crippen LogP) is 9.42. The zero-order chi connectivity index (χ0) is 56.5. The molecule has 2 fully saturated rings. The maximum Gasteiger partial charge on any atom is 0.338 e. The van der Waals surface area contributed by atoms with Crippen molar-refractivity contribution in [2.75, 3.05) is 19.0 Å². The lowest BCUT2D eigenvalue weighted by molar-refractivity contribution is -0.309. The molecule has 9 rings (SSSR count). The first kappa shape index (κ1) is 56.8. The maximum atomic E-state index is 14.4. The summed E-state index contributed by atoms with van der Waals surface area (Å²) in [4.78, 5) is 99.1. The van der Waals surface area contributed by atoms with Crippen molar-refractivity contribution in [3.63, 3.8) is 0 Å². The summed E-state index contributed by atoms with van der Waals surface area (Å²) in [6.07, 6.45) is -14.8. The standard InChI is InChI=1S/C63H54O17S/c1-2-81-63-54(80-61(70)46-36-22-9-23-37-46)52(78-59(68)44-32-18-7-19-33-44)50(76-57(66)42-28-14-5-15-29-42)48(74-63)39-72-62-53(79-60(69)45-34-20-8-21-35-45)51(77-58(67)43-30-16-6-17-31-43)49(75-56(65)41-26-12-4-13-27-41)47(73-62)38-71-55(64)40-24-10-3-11-25-40/h3-37,47-54,62-63H,2,38-39H2,1H3/t47-,48-,49+,50-,51+,52+,53-,54-,62-,63+/m1/s1. The summed E-state index contributed by atoms with van der Waals surface area (Å²) in [5.41, 5.74) is -0.378. The molecule has 0 unspecified atom stereocenters. The van der Waals surface area contributed by atoms with E-state index in [1.165, 1.54) is 84.6 Å². The van der Waals surface area contributed by atoms with E-state index in [2.05, 4.69) is 0 Å². The number of benzene rings is 7. The van der Waals surface area contributed by atoms with Gasteiger partial charge in [0.1, 0.15) is 24.3 Å². The Morgan fingerprint density at radius 2 is 0.605 bits per heavy atom. The van der Waals surface area contributed by atoms with Gasteiger partial charge in [0.2, 0.25) is 0 Å². The Hall–Kier alpha value is -8.94. The molecule has 18 heteroatoms. The molecule has 0 N–H and O–H groups in total. The second-order valence-corrected chi connectivity index (χ2v) is 19.6. The SMILES string of the molecule is CCS[C@@H]1O[C@H](CO[C@@H]2O[C@H](COC(=O)c3ccccc3)[C@H](OC(=O)c3ccccc3)[C@H](OC(=O)c3ccccc3)[C@H]2OC(=O)c2ccccc2)[C@@H](OC(=O)c2ccccc2)[C@H](OC(=O)c2ccccc2)[C@H]1OC(=O)c1ccccc1. The van der Waals surface area contributed by atoms with Crippen LogP contribution in [0.2, 0.25) is 0 Å². The molecule has 0 aromatic heterocycles. The highest BCUT2D eigenvalue weighted by Gasteiger charge is 2.56. The molecule has 414 valence electrons. The normalized spacial score (nSPS) is 22.1. The van der Waals surface area contributed by atoms with Crippen LogP contribution in [-0.4, -0.2) is 121 Å². The van der Waals surface area contributed by atoms with Crippen LogP contribution in [0.25, 0.3) is 0 Å². The van der Waals surface area contributed by atoms with Gasteiger partial charge in [-0.05, 0) is 90.7 Å². The monoisotopic (exact) mass is 1110 g/mol. The Bertz CT molecular complexity index is 3210. The van der Waals surface area contributed by atoms with Crippen molar-refractivity contribution in [2.24, 2.45) is 0 Å². The summed E-state index contributed by atoms with van der Waals surface area (Å²) in [6, 6.07) is 55.7. The first-order valence-corrected chi connectivity index (χ1v) is 26.9. The zero-order valence-electron chi connectivity index (χ0n) is 43.5. The zero-order valence-corrected chi connectivity index (χ0v) is 44.3. The maximum absolute atomic E-state index is 14.4. The molecule has 81 heavy (non-hydrogen) atoms. The third-order valence-corrected chi connectivity index (χ3v) is 13.9. The fraction of sp³-hybridized carbons (Fsp3) is 0.222. The average Bonchev–Trinajstić information content (AvgIpc) is 3.59. The number of hydrogen-bond donors (Lipinski definition) is 0. The molecule has 7 aromatic rings. The highest BCUT2D eigenvalue weighted by atomic mass is 32.2. The van der Waals surface area contributed by atoms with Gasteiger partial charge in [0.05, 0.1) is 45.6 Å². The summed E-state index contributed by atoms with van der Waals surface area (Å²) in [5.74, 6) is -5.76. The molecular weight excluding hydrogens is 1060 g/mol. The molecule has 17 nitrogen and oxygen atoms in total. The molecule has 2 aliphatic heterocycles. The van der Waals surface area contributed by atoms with Crippen LogP contribution in [0.1, 0.15) is 79.4 Å². The third-order valence-electron chi connectivity index (χ3n) is 12.8. The van der Waals surface area contributed by atoms with Gasteiger partial charge >= 0.3 is 41.8 Å². The van der Waals surface area contributed by atoms with E-state index < -0.39 is 116 Å². The van der Waals surface area contributed by atoms with E-state index in [0.717, 1.165) is 0 Å². The van der Waals surface area contributed by atoms with Crippen molar-refractivity contribution in [1.82, 2.24) is 0 Å². The molecule has 0 radical (unpaired) electrons. The van der Waals surface area contributed by atoms with Crippen LogP contribution in [0, 0.1) is 0 Å². The van der Waals surface area contributed by atoms with Gasteiger partial charge in [-0.2, -0.15) is 0 Å². The molecule has 0 amide bonds. The van der Waals surface area contributed by atoms with E-state index in [1.54, 1.807) is 140 Å². The van der Waals surface area contributed by atoms with Crippen LogP contribution in [0.3, 0.4) is 0 Å². The Balaban J connectivity index is 1.14. The van der Waals surface area contributed by atoms with Gasteiger partial charge in [0.25, 0.3) is 0 Å².